The first-order chi connectivity index (χ1) is 32.7. The Balaban J connectivity index is 1.21. The molecule has 0 aromatic heterocycles. The van der Waals surface area contributed by atoms with Crippen molar-refractivity contribution in [2.45, 2.75) is 0 Å². The average molecular weight is 713 g/mol. The third kappa shape index (κ3) is 6.12. The van der Waals surface area contributed by atoms with E-state index in [0.29, 0.717) is 5.56 Å². The molecule has 0 saturated heterocycles. The Morgan fingerprint density at radius 1 is 0.309 bits per heavy atom. The fourth-order valence-corrected chi connectivity index (χ4v) is 7.24. The second-order valence-corrected chi connectivity index (χ2v) is 13.1. The van der Waals surface area contributed by atoms with E-state index in [4.69, 9.17) is 6.85 Å². The summed E-state index contributed by atoms with van der Waals surface area (Å²) in [6.07, 6.45) is 0. The van der Waals surface area contributed by atoms with Gasteiger partial charge < -0.3 is 4.90 Å². The summed E-state index contributed by atoms with van der Waals surface area (Å²) in [7, 11) is 0. The van der Waals surface area contributed by atoms with E-state index >= 15 is 0 Å². The normalized spacial score (nSPS) is 14.6. The summed E-state index contributed by atoms with van der Waals surface area (Å²) in [5.74, 6) is 0. The van der Waals surface area contributed by atoms with Crippen LogP contribution in [0.15, 0.2) is 224 Å². The van der Waals surface area contributed by atoms with E-state index in [2.05, 4.69) is 12.1 Å². The summed E-state index contributed by atoms with van der Waals surface area (Å²) in [4.78, 5) is 1.19. The molecular formula is C54H37N. The number of nitrogens with zero attached hydrogens (tertiary/aromatic N) is 1. The smallest absolute Gasteiger partial charge is 0.0645 e. The third-order valence-corrected chi connectivity index (χ3v) is 9.88. The van der Waals surface area contributed by atoms with Gasteiger partial charge in [0.05, 0.1) is 17.8 Å². The van der Waals surface area contributed by atoms with Crippen LogP contribution in [-0.2, 0) is 0 Å². The number of benzene rings is 10. The van der Waals surface area contributed by atoms with Crippen molar-refractivity contribution in [1.82, 2.24) is 0 Å². The maximum Gasteiger partial charge on any atom is 0.0645 e. The van der Waals surface area contributed by atoms with Crippen molar-refractivity contribution >= 4 is 49.4 Å². The standard InChI is InChI=1S/C54H37N/c1-3-11-38(12-4-1)39-21-29-47(30-22-39)55(48-31-23-40(24-32-48)45-28-35-51-46(37-45)20-19-42-15-7-9-17-50(42)51)49-33-25-44(26-34-49)54-52-18-10-8-16-43(52)27-36-53(54)41-13-5-2-6-14-41/h1-37H/i1D,3D,4D,11D,12D,21D,22D,23D,24D,29D,30D,31D,32D. The maximum absolute atomic E-state index is 9.60. The van der Waals surface area contributed by atoms with Crippen LogP contribution in [0.3, 0.4) is 0 Å². The van der Waals surface area contributed by atoms with E-state index in [0.717, 1.165) is 54.6 Å². The zero-order valence-electron chi connectivity index (χ0n) is 42.3. The first kappa shape index (κ1) is 21.5. The van der Waals surface area contributed by atoms with E-state index in [1.54, 1.807) is 18.2 Å². The van der Waals surface area contributed by atoms with Crippen LogP contribution in [0.1, 0.15) is 17.8 Å². The van der Waals surface area contributed by atoms with Gasteiger partial charge in [-0.15, -0.1) is 0 Å². The Morgan fingerprint density at radius 2 is 0.836 bits per heavy atom. The predicted molar refractivity (Wildman–Crippen MR) is 235 cm³/mol. The number of fused-ring (bicyclic) bond motifs is 4. The molecule has 0 atom stereocenters. The van der Waals surface area contributed by atoms with Crippen molar-refractivity contribution < 1.29 is 17.8 Å². The van der Waals surface area contributed by atoms with E-state index in [1.165, 1.54) is 4.90 Å². The molecule has 0 saturated carbocycles. The highest BCUT2D eigenvalue weighted by atomic mass is 15.1. The van der Waals surface area contributed by atoms with E-state index in [-0.39, 0.29) is 16.9 Å². The van der Waals surface area contributed by atoms with Gasteiger partial charge in [0.1, 0.15) is 0 Å². The number of hydrogen-bond acceptors (Lipinski definition) is 1. The van der Waals surface area contributed by atoms with Gasteiger partial charge >= 0.3 is 0 Å². The molecule has 0 aliphatic heterocycles. The molecule has 258 valence electrons. The molecule has 0 radical (unpaired) electrons. The van der Waals surface area contributed by atoms with Crippen molar-refractivity contribution in [1.29, 1.82) is 0 Å². The highest BCUT2D eigenvalue weighted by molar-refractivity contribution is 6.08. The maximum atomic E-state index is 9.60. The Kier molecular flexibility index (Phi) is 5.45. The molecule has 1 heteroatoms. The second-order valence-electron chi connectivity index (χ2n) is 13.1. The molecular weight excluding hydrogens is 663 g/mol. The first-order valence-electron chi connectivity index (χ1n) is 24.4. The van der Waals surface area contributed by atoms with Gasteiger partial charge in [-0.1, -0.05) is 182 Å². The minimum atomic E-state index is -0.736. The summed E-state index contributed by atoms with van der Waals surface area (Å²) >= 11 is 0. The quantitative estimate of drug-likeness (QED) is 0.149. The van der Waals surface area contributed by atoms with Crippen molar-refractivity contribution in [2.75, 3.05) is 4.90 Å². The molecule has 0 N–H and O–H groups in total. The molecule has 0 amide bonds. The fraction of sp³-hybridized carbons (Fsp3) is 0. The van der Waals surface area contributed by atoms with Gasteiger partial charge in [0.25, 0.3) is 0 Å². The van der Waals surface area contributed by atoms with Gasteiger partial charge in [0, 0.05) is 17.1 Å². The Labute approximate surface area is 340 Å². The minimum Gasteiger partial charge on any atom is -0.311 e. The summed E-state index contributed by atoms with van der Waals surface area (Å²) in [6, 6.07) is 38.0. The molecule has 0 heterocycles. The lowest BCUT2D eigenvalue weighted by atomic mass is 9.89. The molecule has 0 spiro atoms. The van der Waals surface area contributed by atoms with Crippen LogP contribution in [0.5, 0.6) is 0 Å². The number of rotatable bonds is 7. The number of anilines is 3. The lowest BCUT2D eigenvalue weighted by Gasteiger charge is -2.26. The van der Waals surface area contributed by atoms with Crippen LogP contribution < -0.4 is 4.90 Å². The molecule has 0 unspecified atom stereocenters. The average Bonchev–Trinajstić information content (AvgIpc) is 3.36. The SMILES string of the molecule is [2H]c1c([2H])c([2H])c(-c2c([2H])c([2H])c(N(c3ccc(-c4c(-c5ccccc5)ccc5ccccc45)cc3)c3c([2H])c([2H])c(-c4ccc5c(ccc6ccccc65)c4)c([2H])c3[2H])c([2H])c2[2H])c([2H])c1[2H]. The first-order valence-corrected chi connectivity index (χ1v) is 17.9. The third-order valence-electron chi connectivity index (χ3n) is 9.88. The van der Waals surface area contributed by atoms with Gasteiger partial charge in [0.15, 0.2) is 0 Å². The van der Waals surface area contributed by atoms with Gasteiger partial charge in [-0.25, -0.2) is 0 Å². The topological polar surface area (TPSA) is 3.24 Å². The molecule has 10 rings (SSSR count). The Morgan fingerprint density at radius 3 is 1.55 bits per heavy atom. The lowest BCUT2D eigenvalue weighted by molar-refractivity contribution is 1.28. The Bertz CT molecular complexity index is 3640. The van der Waals surface area contributed by atoms with Crippen LogP contribution in [0.2, 0.25) is 0 Å². The van der Waals surface area contributed by atoms with Crippen LogP contribution in [-0.4, -0.2) is 0 Å². The molecule has 55 heavy (non-hydrogen) atoms. The van der Waals surface area contributed by atoms with Gasteiger partial charge in [-0.05, 0) is 119 Å². The summed E-state index contributed by atoms with van der Waals surface area (Å²) in [5.41, 5.74) is 2.42. The molecule has 10 aromatic rings. The molecule has 0 aliphatic rings. The zero-order valence-corrected chi connectivity index (χ0v) is 29.3. The number of hydrogen-bond donors (Lipinski definition) is 0. The van der Waals surface area contributed by atoms with Gasteiger partial charge in [-0.2, -0.15) is 0 Å². The van der Waals surface area contributed by atoms with E-state index in [9.17, 15) is 11.0 Å². The van der Waals surface area contributed by atoms with Crippen molar-refractivity contribution in [3.05, 3.63) is 224 Å². The minimum absolute atomic E-state index is 0.0228. The lowest BCUT2D eigenvalue weighted by Crippen LogP contribution is -2.09. The van der Waals surface area contributed by atoms with E-state index < -0.39 is 95.4 Å². The van der Waals surface area contributed by atoms with Gasteiger partial charge in [-0.3, -0.25) is 0 Å². The highest BCUT2D eigenvalue weighted by Crippen LogP contribution is 2.42. The summed E-state index contributed by atoms with van der Waals surface area (Å²) < 4.78 is 118. The van der Waals surface area contributed by atoms with Crippen molar-refractivity contribution in [3.8, 4) is 44.5 Å². The zero-order chi connectivity index (χ0) is 47.9. The van der Waals surface area contributed by atoms with Gasteiger partial charge in [0.2, 0.25) is 0 Å². The molecule has 10 aromatic carbocycles. The molecule has 0 bridgehead atoms. The summed E-state index contributed by atoms with van der Waals surface area (Å²) in [5, 5.41) is 5.80. The van der Waals surface area contributed by atoms with Crippen LogP contribution in [0, 0.1) is 0 Å². The predicted octanol–water partition coefficient (Wildman–Crippen LogP) is 15.3. The summed E-state index contributed by atoms with van der Waals surface area (Å²) in [6.45, 7) is 0. The second kappa shape index (κ2) is 14.0. The fourth-order valence-electron chi connectivity index (χ4n) is 7.24. The molecule has 1 nitrogen and oxygen atoms in total. The van der Waals surface area contributed by atoms with Crippen molar-refractivity contribution in [2.24, 2.45) is 0 Å². The van der Waals surface area contributed by atoms with Crippen LogP contribution in [0.25, 0.3) is 76.8 Å². The highest BCUT2D eigenvalue weighted by Gasteiger charge is 2.16. The van der Waals surface area contributed by atoms with Crippen molar-refractivity contribution in [3.63, 3.8) is 0 Å². The van der Waals surface area contributed by atoms with E-state index in [1.807, 2.05) is 115 Å². The largest absolute Gasteiger partial charge is 0.311 e. The molecule has 0 fully saturated rings. The monoisotopic (exact) mass is 712 g/mol. The van der Waals surface area contributed by atoms with Crippen LogP contribution in [0.4, 0.5) is 17.1 Å². The Hall–Kier alpha value is -7.22. The molecule has 0 aliphatic carbocycles. The van der Waals surface area contributed by atoms with Crippen LogP contribution >= 0.6 is 0 Å².